The molecule has 4 heteroatoms. The number of rotatable bonds is 4. The molecule has 0 radical (unpaired) electrons. The summed E-state index contributed by atoms with van der Waals surface area (Å²) < 4.78 is 5.70. The average molecular weight is 248 g/mol. The van der Waals surface area contributed by atoms with E-state index in [1.165, 1.54) is 0 Å². The van der Waals surface area contributed by atoms with E-state index in [2.05, 4.69) is 10.5 Å². The van der Waals surface area contributed by atoms with Gasteiger partial charge in [0.05, 0.1) is 0 Å². The van der Waals surface area contributed by atoms with Crippen molar-refractivity contribution in [1.29, 1.82) is 0 Å². The van der Waals surface area contributed by atoms with Crippen molar-refractivity contribution in [2.75, 3.05) is 0 Å². The molecular formula is C14H20N2O2. The van der Waals surface area contributed by atoms with Crippen molar-refractivity contribution in [3.63, 3.8) is 0 Å². The summed E-state index contributed by atoms with van der Waals surface area (Å²) >= 11 is 0. The summed E-state index contributed by atoms with van der Waals surface area (Å²) in [6, 6.07) is 7.59. The number of hydrazone groups is 1. The van der Waals surface area contributed by atoms with Crippen LogP contribution in [0.1, 0.15) is 33.3 Å². The molecule has 1 amide bonds. The van der Waals surface area contributed by atoms with Crippen LogP contribution in [-0.2, 0) is 4.79 Å². The van der Waals surface area contributed by atoms with Crippen LogP contribution in [0.2, 0.25) is 0 Å². The fourth-order valence-corrected chi connectivity index (χ4v) is 1.32. The highest BCUT2D eigenvalue weighted by Gasteiger charge is 2.29. The van der Waals surface area contributed by atoms with Crippen molar-refractivity contribution in [2.24, 2.45) is 5.10 Å². The first-order valence-corrected chi connectivity index (χ1v) is 5.88. The SMILES string of the molecule is CC(C)=NNC(=O)C(C)(C)Oc1cccc(C)c1. The van der Waals surface area contributed by atoms with E-state index in [1.54, 1.807) is 13.8 Å². The van der Waals surface area contributed by atoms with Crippen molar-refractivity contribution in [2.45, 2.75) is 40.2 Å². The average Bonchev–Trinajstić information content (AvgIpc) is 2.25. The number of hydrogen-bond acceptors (Lipinski definition) is 3. The molecule has 4 nitrogen and oxygen atoms in total. The first-order valence-electron chi connectivity index (χ1n) is 5.88. The van der Waals surface area contributed by atoms with Gasteiger partial charge in [0.25, 0.3) is 5.91 Å². The van der Waals surface area contributed by atoms with Gasteiger partial charge in [0, 0.05) is 5.71 Å². The largest absolute Gasteiger partial charge is 0.478 e. The van der Waals surface area contributed by atoms with Crippen LogP contribution in [0.25, 0.3) is 0 Å². The molecule has 1 N–H and O–H groups in total. The second-order valence-corrected chi connectivity index (χ2v) is 4.93. The molecule has 1 aromatic rings. The molecule has 0 spiro atoms. The second kappa shape index (κ2) is 5.67. The second-order valence-electron chi connectivity index (χ2n) is 4.93. The van der Waals surface area contributed by atoms with E-state index in [1.807, 2.05) is 45.0 Å². The van der Waals surface area contributed by atoms with E-state index >= 15 is 0 Å². The van der Waals surface area contributed by atoms with E-state index in [4.69, 9.17) is 4.74 Å². The molecule has 0 saturated heterocycles. The number of carbonyl (C=O) groups is 1. The van der Waals surface area contributed by atoms with E-state index < -0.39 is 5.60 Å². The standard InChI is InChI=1S/C14H20N2O2/c1-10(2)15-16-13(17)14(4,5)18-12-8-6-7-11(3)9-12/h6-9H,1-5H3,(H,16,17). The molecule has 0 heterocycles. The van der Waals surface area contributed by atoms with Gasteiger partial charge in [-0.25, -0.2) is 5.43 Å². The van der Waals surface area contributed by atoms with E-state index in [9.17, 15) is 4.79 Å². The first-order chi connectivity index (χ1) is 8.31. The smallest absolute Gasteiger partial charge is 0.283 e. The van der Waals surface area contributed by atoms with Gasteiger partial charge in [0.15, 0.2) is 5.60 Å². The monoisotopic (exact) mass is 248 g/mol. The normalized spacial score (nSPS) is 10.7. The molecule has 1 aromatic carbocycles. The zero-order valence-electron chi connectivity index (χ0n) is 11.6. The Bertz CT molecular complexity index is 461. The lowest BCUT2D eigenvalue weighted by atomic mass is 10.1. The van der Waals surface area contributed by atoms with Crippen LogP contribution in [0.3, 0.4) is 0 Å². The van der Waals surface area contributed by atoms with Crippen molar-refractivity contribution < 1.29 is 9.53 Å². The fraction of sp³-hybridized carbons (Fsp3) is 0.429. The summed E-state index contributed by atoms with van der Waals surface area (Å²) in [5, 5.41) is 3.89. The maximum Gasteiger partial charge on any atom is 0.283 e. The third-order valence-electron chi connectivity index (χ3n) is 2.29. The molecule has 0 saturated carbocycles. The zero-order valence-corrected chi connectivity index (χ0v) is 11.6. The maximum atomic E-state index is 11.9. The number of nitrogens with zero attached hydrogens (tertiary/aromatic N) is 1. The third-order valence-corrected chi connectivity index (χ3v) is 2.29. The van der Waals surface area contributed by atoms with Crippen molar-refractivity contribution in [3.05, 3.63) is 29.8 Å². The molecule has 0 aliphatic heterocycles. The Hall–Kier alpha value is -1.84. The quantitative estimate of drug-likeness (QED) is 0.658. The van der Waals surface area contributed by atoms with Crippen molar-refractivity contribution in [3.8, 4) is 5.75 Å². The minimum Gasteiger partial charge on any atom is -0.478 e. The van der Waals surface area contributed by atoms with Crippen molar-refractivity contribution >= 4 is 11.6 Å². The zero-order chi connectivity index (χ0) is 13.8. The van der Waals surface area contributed by atoms with Crippen LogP contribution in [0, 0.1) is 6.92 Å². The molecule has 0 bridgehead atoms. The fourth-order valence-electron chi connectivity index (χ4n) is 1.32. The highest BCUT2D eigenvalue weighted by atomic mass is 16.5. The molecule has 98 valence electrons. The Kier molecular flexibility index (Phi) is 4.48. The molecule has 0 aromatic heterocycles. The predicted octanol–water partition coefficient (Wildman–Crippen LogP) is 2.66. The minimum absolute atomic E-state index is 0.273. The van der Waals surface area contributed by atoms with Crippen LogP contribution in [0.4, 0.5) is 0 Å². The van der Waals surface area contributed by atoms with Gasteiger partial charge in [0.1, 0.15) is 5.75 Å². The summed E-state index contributed by atoms with van der Waals surface area (Å²) in [5.74, 6) is 0.401. The van der Waals surface area contributed by atoms with E-state index in [0.717, 1.165) is 11.3 Å². The Morgan fingerprint density at radius 3 is 2.56 bits per heavy atom. The number of aryl methyl sites for hydroxylation is 1. The van der Waals surface area contributed by atoms with Gasteiger partial charge in [-0.2, -0.15) is 5.10 Å². The van der Waals surface area contributed by atoms with Gasteiger partial charge >= 0.3 is 0 Å². The van der Waals surface area contributed by atoms with Gasteiger partial charge in [-0.05, 0) is 52.3 Å². The first kappa shape index (κ1) is 14.2. The Morgan fingerprint density at radius 2 is 2.00 bits per heavy atom. The third kappa shape index (κ3) is 4.20. The Morgan fingerprint density at radius 1 is 1.33 bits per heavy atom. The van der Waals surface area contributed by atoms with Gasteiger partial charge in [-0.1, -0.05) is 12.1 Å². The lowest BCUT2D eigenvalue weighted by Crippen LogP contribution is -2.45. The molecule has 18 heavy (non-hydrogen) atoms. The highest BCUT2D eigenvalue weighted by Crippen LogP contribution is 2.19. The van der Waals surface area contributed by atoms with E-state index in [0.29, 0.717) is 5.75 Å². The summed E-state index contributed by atoms with van der Waals surface area (Å²) in [6.07, 6.45) is 0. The number of hydrogen-bond donors (Lipinski definition) is 1. The highest BCUT2D eigenvalue weighted by molar-refractivity contribution is 5.87. The molecule has 0 atom stereocenters. The lowest BCUT2D eigenvalue weighted by molar-refractivity contribution is -0.134. The summed E-state index contributed by atoms with van der Waals surface area (Å²) in [4.78, 5) is 11.9. The number of benzene rings is 1. The van der Waals surface area contributed by atoms with Gasteiger partial charge in [-0.15, -0.1) is 0 Å². The van der Waals surface area contributed by atoms with Crippen molar-refractivity contribution in [1.82, 2.24) is 5.43 Å². The van der Waals surface area contributed by atoms with Gasteiger partial charge < -0.3 is 4.74 Å². The minimum atomic E-state index is -0.966. The molecular weight excluding hydrogens is 228 g/mol. The molecule has 0 unspecified atom stereocenters. The van der Waals surface area contributed by atoms with E-state index in [-0.39, 0.29) is 5.91 Å². The molecule has 1 rings (SSSR count). The predicted molar refractivity (Wildman–Crippen MR) is 72.8 cm³/mol. The van der Waals surface area contributed by atoms with Crippen LogP contribution < -0.4 is 10.2 Å². The lowest BCUT2D eigenvalue weighted by Gasteiger charge is -2.24. The number of carbonyl (C=O) groups excluding carboxylic acids is 1. The van der Waals surface area contributed by atoms with Crippen LogP contribution in [-0.4, -0.2) is 17.2 Å². The molecule has 0 aliphatic carbocycles. The molecule has 0 fully saturated rings. The van der Waals surface area contributed by atoms with Gasteiger partial charge in [-0.3, -0.25) is 4.79 Å². The molecule has 0 aliphatic rings. The summed E-state index contributed by atoms with van der Waals surface area (Å²) in [5.41, 5.74) is 3.39. The Labute approximate surface area is 108 Å². The summed E-state index contributed by atoms with van der Waals surface area (Å²) in [7, 11) is 0. The number of nitrogens with one attached hydrogen (secondary N) is 1. The topological polar surface area (TPSA) is 50.7 Å². The summed E-state index contributed by atoms with van der Waals surface area (Å²) in [6.45, 7) is 9.03. The maximum absolute atomic E-state index is 11.9. The number of amides is 1. The van der Waals surface area contributed by atoms with Gasteiger partial charge in [0.2, 0.25) is 0 Å². The van der Waals surface area contributed by atoms with Crippen LogP contribution >= 0.6 is 0 Å². The Balaban J connectivity index is 2.75. The number of ether oxygens (including phenoxy) is 1. The van der Waals surface area contributed by atoms with Crippen LogP contribution in [0.15, 0.2) is 29.4 Å². The van der Waals surface area contributed by atoms with Crippen LogP contribution in [0.5, 0.6) is 5.75 Å².